The van der Waals surface area contributed by atoms with Crippen LogP contribution in [0.15, 0.2) is 170 Å². The minimum absolute atomic E-state index is 0.00504. The molecule has 0 aliphatic carbocycles. The minimum Gasteiger partial charge on any atom is -0.508 e. The van der Waals surface area contributed by atoms with Crippen LogP contribution in [0.5, 0.6) is 28.7 Å². The molecule has 6 rings (SSSR count). The molecule has 3 N–H and O–H groups in total. The third kappa shape index (κ3) is 17.6. The summed E-state index contributed by atoms with van der Waals surface area (Å²) in [7, 11) is -1.86. The van der Waals surface area contributed by atoms with Gasteiger partial charge in [0.1, 0.15) is 28.7 Å². The van der Waals surface area contributed by atoms with E-state index in [-0.39, 0.29) is 16.9 Å². The number of aliphatic hydroxyl groups is 1. The molecule has 0 aliphatic heterocycles. The number of benzene rings is 6. The summed E-state index contributed by atoms with van der Waals surface area (Å²) in [4.78, 5) is 9.53. The van der Waals surface area contributed by atoms with Gasteiger partial charge >= 0.3 is 7.82 Å². The number of ether oxygens (including phenoxy) is 1. The lowest BCUT2D eigenvalue weighted by atomic mass is 9.77. The first-order chi connectivity index (χ1) is 26.9. The van der Waals surface area contributed by atoms with E-state index >= 15 is 0 Å². The maximum Gasteiger partial charge on any atom is 0.584 e. The highest BCUT2D eigenvalue weighted by molar-refractivity contribution is 7.48. The molecule has 1 unspecified atom stereocenters. The lowest BCUT2D eigenvalue weighted by molar-refractivity contribution is 0.291. The third-order valence-corrected chi connectivity index (χ3v) is 8.81. The molecule has 0 spiro atoms. The Morgan fingerprint density at radius 1 is 0.589 bits per heavy atom. The van der Waals surface area contributed by atoms with E-state index in [4.69, 9.17) is 28.5 Å². The van der Waals surface area contributed by atoms with Gasteiger partial charge in [0.25, 0.3) is 0 Å². The van der Waals surface area contributed by atoms with E-state index in [1.807, 2.05) is 50.2 Å². The minimum atomic E-state index is -4.14. The van der Waals surface area contributed by atoms with Gasteiger partial charge in [-0.1, -0.05) is 151 Å². The van der Waals surface area contributed by atoms with Crippen LogP contribution in [0.3, 0.4) is 0 Å². The number of aromatic hydroxyl groups is 1. The van der Waals surface area contributed by atoms with E-state index in [9.17, 15) is 9.46 Å². The van der Waals surface area contributed by atoms with Crippen molar-refractivity contribution in [2.45, 2.75) is 52.9 Å². The number of phenols is 1. The zero-order valence-corrected chi connectivity index (χ0v) is 34.7. The first kappa shape index (κ1) is 46.5. The van der Waals surface area contributed by atoms with E-state index in [0.717, 1.165) is 5.75 Å². The fourth-order valence-corrected chi connectivity index (χ4v) is 5.62. The van der Waals surface area contributed by atoms with Gasteiger partial charge in [0.2, 0.25) is 0 Å². The van der Waals surface area contributed by atoms with Crippen LogP contribution in [0.4, 0.5) is 0 Å². The summed E-state index contributed by atoms with van der Waals surface area (Å²) in [5.74, 6) is 2.96. The Kier molecular flexibility index (Phi) is 21.1. The highest BCUT2D eigenvalue weighted by atomic mass is 31.2. The van der Waals surface area contributed by atoms with E-state index < -0.39 is 7.82 Å². The molecule has 6 aromatic carbocycles. The Labute approximate surface area is 334 Å². The second kappa shape index (κ2) is 25.4. The second-order valence-corrected chi connectivity index (χ2v) is 13.8. The van der Waals surface area contributed by atoms with E-state index in [0.29, 0.717) is 17.4 Å². The Bertz CT molecular complexity index is 1970. The smallest absolute Gasteiger partial charge is 0.508 e. The first-order valence-electron chi connectivity index (χ1n) is 17.9. The van der Waals surface area contributed by atoms with Gasteiger partial charge in [0, 0.05) is 5.41 Å². The van der Waals surface area contributed by atoms with Crippen molar-refractivity contribution in [3.05, 3.63) is 187 Å². The van der Waals surface area contributed by atoms with Gasteiger partial charge in [-0.3, -0.25) is 4.89 Å². The molecule has 294 valence electrons. The predicted molar refractivity (Wildman–Crippen MR) is 230 cm³/mol. The van der Waals surface area contributed by atoms with Crippen LogP contribution in [-0.2, 0) is 9.98 Å². The largest absolute Gasteiger partial charge is 0.584 e. The molecule has 0 aliphatic rings. The highest BCUT2D eigenvalue weighted by Gasteiger charge is 2.25. The zero-order valence-electron chi connectivity index (χ0n) is 32.7. The average Bonchev–Trinajstić information content (AvgIpc) is 3.22. The SMILES string of the molecule is CC.CC(C)c1ccc(C(C)(C)c2ccc(OP)cc2)cc1.O=P(O)(Oc1ccccc1)Oc1ccccc1.OC#COc1ccccc1.Oc1ccccc1. The maximum atomic E-state index is 11.7. The van der Waals surface area contributed by atoms with Crippen LogP contribution in [0, 0.1) is 12.2 Å². The summed E-state index contributed by atoms with van der Waals surface area (Å²) >= 11 is 0. The van der Waals surface area contributed by atoms with Gasteiger partial charge in [0.15, 0.2) is 12.2 Å². The molecular weight excluding hydrogens is 742 g/mol. The summed E-state index contributed by atoms with van der Waals surface area (Å²) in [5.41, 5.74) is 4.01. The molecule has 10 heteroatoms. The fraction of sp³-hybridized carbons (Fsp3) is 0.174. The molecule has 0 fully saturated rings. The molecule has 8 nitrogen and oxygen atoms in total. The Hall–Kier alpha value is -5.70. The topological polar surface area (TPSA) is 115 Å². The predicted octanol–water partition coefficient (Wildman–Crippen LogP) is 12.3. The standard InChI is InChI=1S/C18H23OP.C12H11O4P.C8H6O2.C6H6O.C2H6/c1-13(2)14-5-7-15(8-6-14)18(3,4)16-9-11-17(19-20)12-10-16;13-17(14,15-11-7-3-1-4-8-11)16-12-9-5-2-6-10-12;9-6-7-10-8-4-2-1-3-5-8;7-6-4-2-1-3-5-6;1-2/h5-13H,20H2,1-4H3;1-10H,(H,13,14);1-5,9H;1-5,7H;1-2H3. The van der Waals surface area contributed by atoms with Gasteiger partial charge in [-0.15, -0.1) is 0 Å². The Balaban J connectivity index is 0.000000270. The molecule has 0 heterocycles. The number of phosphoric acid groups is 1. The molecule has 0 aromatic heterocycles. The molecule has 0 amide bonds. The lowest BCUT2D eigenvalue weighted by Gasteiger charge is -2.26. The van der Waals surface area contributed by atoms with Crippen molar-refractivity contribution < 1.29 is 38.0 Å². The number of phosphoric ester groups is 1. The van der Waals surface area contributed by atoms with Crippen LogP contribution in [0.1, 0.15) is 64.2 Å². The van der Waals surface area contributed by atoms with Crippen molar-refractivity contribution in [3.8, 4) is 41.0 Å². The van der Waals surface area contributed by atoms with Crippen molar-refractivity contribution >= 4 is 17.3 Å². The second-order valence-electron chi connectivity index (χ2n) is 12.3. The number of hydrogen-bond donors (Lipinski definition) is 3. The van der Waals surface area contributed by atoms with Gasteiger partial charge in [-0.2, -0.15) is 0 Å². The molecule has 0 radical (unpaired) electrons. The fourth-order valence-electron chi connectivity index (χ4n) is 4.65. The normalized spacial score (nSPS) is 10.0. The molecule has 56 heavy (non-hydrogen) atoms. The molecule has 0 saturated heterocycles. The average molecular weight is 795 g/mol. The first-order valence-corrected chi connectivity index (χ1v) is 19.9. The van der Waals surface area contributed by atoms with Crippen LogP contribution >= 0.6 is 17.3 Å². The summed E-state index contributed by atoms with van der Waals surface area (Å²) in [5, 5.41) is 16.7. The summed E-state index contributed by atoms with van der Waals surface area (Å²) in [6.45, 7) is 13.0. The summed E-state index contributed by atoms with van der Waals surface area (Å²) in [6.07, 6.45) is 3.71. The number of aliphatic hydroxyl groups excluding tert-OH is 1. The van der Waals surface area contributed by atoms with E-state index in [1.54, 1.807) is 103 Å². The monoisotopic (exact) mass is 794 g/mol. The molecule has 1 atom stereocenters. The van der Waals surface area contributed by atoms with Crippen molar-refractivity contribution in [1.82, 2.24) is 0 Å². The third-order valence-electron chi connectivity index (χ3n) is 7.65. The van der Waals surface area contributed by atoms with E-state index in [1.165, 1.54) is 16.7 Å². The van der Waals surface area contributed by atoms with Gasteiger partial charge in [-0.25, -0.2) is 4.57 Å². The molecule has 0 bridgehead atoms. The zero-order chi connectivity index (χ0) is 41.2. The van der Waals surface area contributed by atoms with Gasteiger partial charge in [0.05, 0.1) is 9.47 Å². The van der Waals surface area contributed by atoms with Crippen molar-refractivity contribution in [2.24, 2.45) is 0 Å². The number of hydrogen-bond acceptors (Lipinski definition) is 7. The van der Waals surface area contributed by atoms with Crippen molar-refractivity contribution in [3.63, 3.8) is 0 Å². The summed E-state index contributed by atoms with van der Waals surface area (Å²) < 4.78 is 31.3. The van der Waals surface area contributed by atoms with E-state index in [2.05, 4.69) is 79.7 Å². The van der Waals surface area contributed by atoms with Crippen LogP contribution in [-0.4, -0.2) is 15.1 Å². The summed E-state index contributed by atoms with van der Waals surface area (Å²) in [6, 6.07) is 51.7. The van der Waals surface area contributed by atoms with Crippen LogP contribution in [0.2, 0.25) is 0 Å². The highest BCUT2D eigenvalue weighted by Crippen LogP contribution is 2.44. The van der Waals surface area contributed by atoms with Gasteiger partial charge < -0.3 is 28.5 Å². The molecule has 6 aromatic rings. The molecule has 0 saturated carbocycles. The Morgan fingerprint density at radius 2 is 0.964 bits per heavy atom. The van der Waals surface area contributed by atoms with Crippen molar-refractivity contribution in [2.75, 3.05) is 0 Å². The number of phenolic OH excluding ortho intramolecular Hbond substituents is 1. The lowest BCUT2D eigenvalue weighted by Crippen LogP contribution is -2.18. The number of rotatable bonds is 9. The molecular formula is C46H52O8P2. The maximum absolute atomic E-state index is 11.7. The van der Waals surface area contributed by atoms with Crippen LogP contribution < -0.4 is 18.3 Å². The quantitative estimate of drug-likeness (QED) is 0.0979. The van der Waals surface area contributed by atoms with Crippen molar-refractivity contribution in [1.29, 1.82) is 0 Å². The number of para-hydroxylation sites is 4. The Morgan fingerprint density at radius 3 is 1.30 bits per heavy atom. The van der Waals surface area contributed by atoms with Crippen LogP contribution in [0.25, 0.3) is 0 Å². The van der Waals surface area contributed by atoms with Gasteiger partial charge in [-0.05, 0) is 83.3 Å².